The number of H-pyrrole nitrogens is 1. The normalized spacial score (nSPS) is 12.3. The number of fused-ring (bicyclic) bond motifs is 1. The molecule has 1 amide bonds. The number of aromatic amines is 1. The first-order valence-electron chi connectivity index (χ1n) is 13.5. The van der Waals surface area contributed by atoms with Gasteiger partial charge in [0.25, 0.3) is 5.91 Å². The van der Waals surface area contributed by atoms with Crippen LogP contribution in [0.4, 0.5) is 30.4 Å². The van der Waals surface area contributed by atoms with Crippen LogP contribution >= 0.6 is 0 Å². The zero-order valence-electron chi connectivity index (χ0n) is 22.7. The number of carbonyl (C=O) groups excluding carboxylic acids is 1. The third kappa shape index (κ3) is 6.57. The smallest absolute Gasteiger partial charge is 0.357 e. The van der Waals surface area contributed by atoms with E-state index in [9.17, 15) is 18.0 Å². The van der Waals surface area contributed by atoms with Crippen molar-refractivity contribution in [1.29, 1.82) is 0 Å². The topological polar surface area (TPSA) is 82.7 Å². The molecule has 1 atom stereocenters. The number of halogens is 3. The van der Waals surface area contributed by atoms with E-state index in [1.54, 1.807) is 18.3 Å². The second-order valence-electron chi connectivity index (χ2n) is 10.1. The van der Waals surface area contributed by atoms with Crippen molar-refractivity contribution in [2.45, 2.75) is 39.3 Å². The summed E-state index contributed by atoms with van der Waals surface area (Å²) in [5, 5.41) is 6.04. The average Bonchev–Trinajstić information content (AvgIpc) is 3.43. The van der Waals surface area contributed by atoms with E-state index >= 15 is 0 Å². The number of nitrogens with zero attached hydrogens (tertiary/aromatic N) is 2. The largest absolute Gasteiger partial charge is 0.416 e. The third-order valence-corrected chi connectivity index (χ3v) is 6.86. The van der Waals surface area contributed by atoms with Crippen LogP contribution < -0.4 is 10.6 Å². The summed E-state index contributed by atoms with van der Waals surface area (Å²) < 4.78 is 39.5. The van der Waals surface area contributed by atoms with E-state index in [-0.39, 0.29) is 5.69 Å². The van der Waals surface area contributed by atoms with Gasteiger partial charge in [-0.3, -0.25) is 4.79 Å². The number of anilines is 3. The SMILES string of the molecule is CCC[C@@H](C)Cc1ccc(C(=O)Nc2cccc(C(F)(F)F)c2)cc1Nc1nc(-c2ccccc2)nc2cc[nH]c12. The highest BCUT2D eigenvalue weighted by Crippen LogP contribution is 2.32. The Balaban J connectivity index is 1.51. The van der Waals surface area contributed by atoms with E-state index in [1.807, 2.05) is 42.5 Å². The molecular weight excluding hydrogens is 527 g/mol. The second kappa shape index (κ2) is 11.8. The van der Waals surface area contributed by atoms with Crippen LogP contribution in [0.2, 0.25) is 0 Å². The number of alkyl halides is 3. The molecule has 0 saturated carbocycles. The lowest BCUT2D eigenvalue weighted by Gasteiger charge is -2.18. The van der Waals surface area contributed by atoms with E-state index in [0.717, 1.165) is 53.6 Å². The molecule has 5 aromatic rings. The van der Waals surface area contributed by atoms with Gasteiger partial charge in [-0.25, -0.2) is 9.97 Å². The van der Waals surface area contributed by atoms with Crippen LogP contribution in [0, 0.1) is 5.92 Å². The summed E-state index contributed by atoms with van der Waals surface area (Å²) in [6.07, 6.45) is 0.160. The number of nitrogens with one attached hydrogen (secondary N) is 3. The van der Waals surface area contributed by atoms with Crippen molar-refractivity contribution < 1.29 is 18.0 Å². The lowest BCUT2D eigenvalue weighted by atomic mass is 9.95. The number of hydrogen-bond acceptors (Lipinski definition) is 4. The highest BCUT2D eigenvalue weighted by molar-refractivity contribution is 6.05. The molecule has 0 saturated heterocycles. The van der Waals surface area contributed by atoms with Crippen molar-refractivity contribution in [1.82, 2.24) is 15.0 Å². The summed E-state index contributed by atoms with van der Waals surface area (Å²) in [6.45, 7) is 4.33. The van der Waals surface area contributed by atoms with Gasteiger partial charge >= 0.3 is 6.18 Å². The molecule has 3 aromatic carbocycles. The van der Waals surface area contributed by atoms with Crippen molar-refractivity contribution in [2.75, 3.05) is 10.6 Å². The third-order valence-electron chi connectivity index (χ3n) is 6.86. The maximum atomic E-state index is 13.2. The molecule has 41 heavy (non-hydrogen) atoms. The highest BCUT2D eigenvalue weighted by Gasteiger charge is 2.30. The lowest BCUT2D eigenvalue weighted by Crippen LogP contribution is -2.14. The monoisotopic (exact) mass is 557 g/mol. The molecule has 0 aliphatic rings. The molecule has 0 bridgehead atoms. The fraction of sp³-hybridized carbons (Fsp3) is 0.219. The maximum Gasteiger partial charge on any atom is 0.416 e. The average molecular weight is 558 g/mol. The van der Waals surface area contributed by atoms with Crippen LogP contribution in [-0.4, -0.2) is 20.9 Å². The van der Waals surface area contributed by atoms with Gasteiger partial charge in [0.15, 0.2) is 11.6 Å². The van der Waals surface area contributed by atoms with Gasteiger partial charge in [0.2, 0.25) is 0 Å². The van der Waals surface area contributed by atoms with Crippen molar-refractivity contribution in [3.05, 3.63) is 102 Å². The molecule has 0 radical (unpaired) electrons. The number of amides is 1. The molecule has 2 aromatic heterocycles. The Morgan fingerprint density at radius 1 is 0.976 bits per heavy atom. The minimum Gasteiger partial charge on any atom is -0.357 e. The van der Waals surface area contributed by atoms with Crippen LogP contribution in [0.25, 0.3) is 22.4 Å². The summed E-state index contributed by atoms with van der Waals surface area (Å²) in [5.41, 5.74) is 3.56. The van der Waals surface area contributed by atoms with E-state index in [4.69, 9.17) is 9.97 Å². The Morgan fingerprint density at radius 2 is 1.78 bits per heavy atom. The molecule has 0 fully saturated rings. The van der Waals surface area contributed by atoms with Gasteiger partial charge in [0.05, 0.1) is 11.1 Å². The van der Waals surface area contributed by atoms with Gasteiger partial charge in [-0.1, -0.05) is 69.2 Å². The van der Waals surface area contributed by atoms with Gasteiger partial charge in [-0.15, -0.1) is 0 Å². The Kier molecular flexibility index (Phi) is 8.05. The predicted octanol–water partition coefficient (Wildman–Crippen LogP) is 8.62. The Labute approximate surface area is 236 Å². The van der Waals surface area contributed by atoms with E-state index in [0.29, 0.717) is 28.8 Å². The van der Waals surface area contributed by atoms with Crippen molar-refractivity contribution >= 4 is 34.1 Å². The van der Waals surface area contributed by atoms with Crippen molar-refractivity contribution in [2.24, 2.45) is 5.92 Å². The minimum atomic E-state index is -4.51. The summed E-state index contributed by atoms with van der Waals surface area (Å²) in [5.74, 6) is 0.998. The predicted molar refractivity (Wildman–Crippen MR) is 156 cm³/mol. The molecule has 5 rings (SSSR count). The quantitative estimate of drug-likeness (QED) is 0.169. The van der Waals surface area contributed by atoms with Crippen molar-refractivity contribution in [3.63, 3.8) is 0 Å². The van der Waals surface area contributed by atoms with Gasteiger partial charge in [-0.05, 0) is 54.3 Å². The standard InChI is InChI=1S/C32H30F3N5O/c1-3-8-20(2)17-22-13-14-23(31(41)37-25-12-7-11-24(19-25)32(33,34)35)18-27(22)39-30-28-26(15-16-36-28)38-29(40-30)21-9-5-4-6-10-21/h4-7,9-16,18-20,36H,3,8,17H2,1-2H3,(H,37,41)(H,38,39,40)/t20-/m1/s1. The fourth-order valence-corrected chi connectivity index (χ4v) is 4.84. The zero-order chi connectivity index (χ0) is 29.0. The molecule has 2 heterocycles. The first-order chi connectivity index (χ1) is 19.7. The summed E-state index contributed by atoms with van der Waals surface area (Å²) in [6, 6.07) is 21.4. The number of hydrogen-bond donors (Lipinski definition) is 3. The van der Waals surface area contributed by atoms with Gasteiger partial charge in [0.1, 0.15) is 5.52 Å². The van der Waals surface area contributed by atoms with Crippen LogP contribution in [0.1, 0.15) is 48.2 Å². The highest BCUT2D eigenvalue weighted by atomic mass is 19.4. The molecule has 0 aliphatic carbocycles. The summed E-state index contributed by atoms with van der Waals surface area (Å²) >= 11 is 0. The van der Waals surface area contributed by atoms with Crippen LogP contribution in [0.3, 0.4) is 0 Å². The Hall–Kier alpha value is -4.66. The van der Waals surface area contributed by atoms with Crippen LogP contribution in [0.5, 0.6) is 0 Å². The number of benzene rings is 3. The lowest BCUT2D eigenvalue weighted by molar-refractivity contribution is -0.137. The van der Waals surface area contributed by atoms with Gasteiger partial charge in [0, 0.05) is 28.7 Å². The first-order valence-corrected chi connectivity index (χ1v) is 13.5. The number of rotatable bonds is 9. The number of aromatic nitrogens is 3. The first kappa shape index (κ1) is 27.9. The van der Waals surface area contributed by atoms with E-state index in [1.165, 1.54) is 12.1 Å². The molecule has 3 N–H and O–H groups in total. The molecule has 6 nitrogen and oxygen atoms in total. The molecule has 9 heteroatoms. The van der Waals surface area contributed by atoms with Crippen molar-refractivity contribution in [3.8, 4) is 11.4 Å². The summed E-state index contributed by atoms with van der Waals surface area (Å²) in [4.78, 5) is 25.9. The maximum absolute atomic E-state index is 13.2. The molecule has 0 aliphatic heterocycles. The summed E-state index contributed by atoms with van der Waals surface area (Å²) in [7, 11) is 0. The van der Waals surface area contributed by atoms with Crippen LogP contribution in [0.15, 0.2) is 85.1 Å². The van der Waals surface area contributed by atoms with Gasteiger partial charge < -0.3 is 15.6 Å². The molecule has 0 unspecified atom stereocenters. The zero-order valence-corrected chi connectivity index (χ0v) is 22.7. The molecular formula is C32H30F3N5O. The molecule has 0 spiro atoms. The van der Waals surface area contributed by atoms with E-state index < -0.39 is 17.6 Å². The Morgan fingerprint density at radius 3 is 2.54 bits per heavy atom. The van der Waals surface area contributed by atoms with Gasteiger partial charge in [-0.2, -0.15) is 13.2 Å². The Bertz CT molecular complexity index is 1660. The minimum absolute atomic E-state index is 0.0661. The fourth-order valence-electron chi connectivity index (χ4n) is 4.84. The second-order valence-corrected chi connectivity index (χ2v) is 10.1. The van der Waals surface area contributed by atoms with Crippen LogP contribution in [-0.2, 0) is 12.6 Å². The van der Waals surface area contributed by atoms with E-state index in [2.05, 4.69) is 29.5 Å². The number of carbonyl (C=O) groups is 1. The molecule has 210 valence electrons.